The molecule has 1 aromatic heterocycles. The normalized spacial score (nSPS) is 19.8. The van der Waals surface area contributed by atoms with Crippen molar-refractivity contribution in [3.8, 4) is 0 Å². The second-order valence-corrected chi connectivity index (χ2v) is 9.29. The Labute approximate surface area is 202 Å². The van der Waals surface area contributed by atoms with Gasteiger partial charge in [-0.3, -0.25) is 14.7 Å². The first-order valence-corrected chi connectivity index (χ1v) is 11.7. The van der Waals surface area contributed by atoms with Crippen molar-refractivity contribution >= 4 is 40.7 Å². The van der Waals surface area contributed by atoms with Gasteiger partial charge in [-0.25, -0.2) is 18.6 Å². The SMILES string of the molecule is CCOC(=O)C1=C(CN2CC(F)(CC(=O)O)C2)NC(c2nccs2)=N[C@H]1c1ccc(F)cc1Cl. The number of rotatable bonds is 8. The van der Waals surface area contributed by atoms with Crippen LogP contribution in [0.1, 0.15) is 30.0 Å². The average Bonchev–Trinajstić information content (AvgIpc) is 3.26. The second kappa shape index (κ2) is 9.77. The third-order valence-corrected chi connectivity index (χ3v) is 6.48. The van der Waals surface area contributed by atoms with Gasteiger partial charge in [-0.2, -0.15) is 0 Å². The van der Waals surface area contributed by atoms with E-state index in [9.17, 15) is 18.4 Å². The van der Waals surface area contributed by atoms with Gasteiger partial charge in [-0.1, -0.05) is 17.7 Å². The topological polar surface area (TPSA) is 104 Å². The fourth-order valence-corrected chi connectivity index (χ4v) is 4.90. The summed E-state index contributed by atoms with van der Waals surface area (Å²) in [6, 6.07) is 2.90. The van der Waals surface area contributed by atoms with Crippen LogP contribution in [0.2, 0.25) is 5.02 Å². The summed E-state index contributed by atoms with van der Waals surface area (Å²) >= 11 is 7.65. The summed E-state index contributed by atoms with van der Waals surface area (Å²) < 4.78 is 33.6. The molecule has 180 valence electrons. The van der Waals surface area contributed by atoms with Gasteiger partial charge in [0, 0.05) is 47.5 Å². The molecule has 0 unspecified atom stereocenters. The number of hydrogen-bond acceptors (Lipinski definition) is 8. The molecule has 1 aromatic carbocycles. The molecule has 0 radical (unpaired) electrons. The molecule has 1 atom stereocenters. The Hall–Kier alpha value is -2.89. The van der Waals surface area contributed by atoms with Crippen molar-refractivity contribution in [3.63, 3.8) is 0 Å². The summed E-state index contributed by atoms with van der Waals surface area (Å²) in [5.74, 6) is -2.02. The molecule has 2 N–H and O–H groups in total. The Bertz CT molecular complexity index is 1170. The van der Waals surface area contributed by atoms with Gasteiger partial charge in [-0.15, -0.1) is 11.3 Å². The summed E-state index contributed by atoms with van der Waals surface area (Å²) in [5.41, 5.74) is -0.878. The van der Waals surface area contributed by atoms with Crippen molar-refractivity contribution in [2.75, 3.05) is 26.2 Å². The van der Waals surface area contributed by atoms with E-state index in [0.29, 0.717) is 22.1 Å². The molecule has 0 amide bonds. The maximum Gasteiger partial charge on any atom is 0.338 e. The lowest BCUT2D eigenvalue weighted by atomic mass is 9.91. The molecule has 8 nitrogen and oxygen atoms in total. The van der Waals surface area contributed by atoms with Gasteiger partial charge in [0.25, 0.3) is 0 Å². The van der Waals surface area contributed by atoms with Crippen LogP contribution in [-0.4, -0.2) is 64.7 Å². The van der Waals surface area contributed by atoms with Crippen molar-refractivity contribution < 1.29 is 28.2 Å². The van der Waals surface area contributed by atoms with E-state index in [4.69, 9.17) is 21.4 Å². The fraction of sp³-hybridized carbons (Fsp3) is 0.364. The minimum absolute atomic E-state index is 0.0865. The van der Waals surface area contributed by atoms with Gasteiger partial charge < -0.3 is 15.2 Å². The summed E-state index contributed by atoms with van der Waals surface area (Å²) in [5, 5.41) is 14.5. The maximum absolute atomic E-state index is 14.6. The first-order chi connectivity index (χ1) is 16.2. The molecule has 2 aromatic rings. The lowest BCUT2D eigenvalue weighted by molar-refractivity contribution is -0.144. The number of likely N-dealkylation sites (tertiary alicyclic amines) is 1. The molecule has 0 aliphatic carbocycles. The third-order valence-electron chi connectivity index (χ3n) is 5.38. The van der Waals surface area contributed by atoms with Crippen LogP contribution >= 0.6 is 22.9 Å². The summed E-state index contributed by atoms with van der Waals surface area (Å²) in [7, 11) is 0. The molecular weight excluding hydrogens is 490 g/mol. The van der Waals surface area contributed by atoms with Gasteiger partial charge >= 0.3 is 11.9 Å². The van der Waals surface area contributed by atoms with E-state index in [1.54, 1.807) is 23.4 Å². The number of amidine groups is 1. The van der Waals surface area contributed by atoms with Crippen LogP contribution in [0.3, 0.4) is 0 Å². The van der Waals surface area contributed by atoms with Crippen molar-refractivity contribution in [1.82, 2.24) is 15.2 Å². The number of aliphatic carboxylic acids is 1. The standard InChI is InChI=1S/C22H21ClF2N4O4S/c1-2-33-21(32)17-15(9-29-10-22(25,11-29)8-16(30)31)27-19(20-26-5-6-34-20)28-18(17)13-4-3-12(24)7-14(13)23/h3-7,18H,2,8-11H2,1H3,(H,27,28)(H,30,31)/t18-/m0/s1. The highest BCUT2D eigenvalue weighted by atomic mass is 35.5. The highest BCUT2D eigenvalue weighted by molar-refractivity contribution is 7.11. The Morgan fingerprint density at radius 3 is 2.79 bits per heavy atom. The van der Waals surface area contributed by atoms with Crippen molar-refractivity contribution in [1.29, 1.82) is 0 Å². The van der Waals surface area contributed by atoms with Gasteiger partial charge in [-0.05, 0) is 19.1 Å². The largest absolute Gasteiger partial charge is 0.481 e. The van der Waals surface area contributed by atoms with Crippen LogP contribution in [0, 0.1) is 5.82 Å². The average molecular weight is 511 g/mol. The zero-order valence-corrected chi connectivity index (χ0v) is 19.6. The molecule has 34 heavy (non-hydrogen) atoms. The van der Waals surface area contributed by atoms with E-state index in [1.807, 2.05) is 0 Å². The summed E-state index contributed by atoms with van der Waals surface area (Å²) in [4.78, 5) is 34.6. The Morgan fingerprint density at radius 2 is 2.18 bits per heavy atom. The highest BCUT2D eigenvalue weighted by Crippen LogP contribution is 2.38. The summed E-state index contributed by atoms with van der Waals surface area (Å²) in [6.45, 7) is 1.67. The number of aromatic nitrogens is 1. The number of carboxylic acid groups (broad SMARTS) is 1. The van der Waals surface area contributed by atoms with E-state index in [2.05, 4.69) is 15.3 Å². The van der Waals surface area contributed by atoms with Crippen molar-refractivity contribution in [2.24, 2.45) is 4.99 Å². The molecule has 0 spiro atoms. The van der Waals surface area contributed by atoms with Crippen LogP contribution in [0.25, 0.3) is 0 Å². The molecule has 4 rings (SSSR count). The zero-order valence-electron chi connectivity index (χ0n) is 18.1. The number of benzene rings is 1. The molecule has 0 bridgehead atoms. The number of thiazole rings is 1. The van der Waals surface area contributed by atoms with E-state index in [-0.39, 0.29) is 36.8 Å². The van der Waals surface area contributed by atoms with E-state index >= 15 is 0 Å². The lowest BCUT2D eigenvalue weighted by Crippen LogP contribution is -2.60. The smallest absolute Gasteiger partial charge is 0.338 e. The number of ether oxygens (including phenoxy) is 1. The van der Waals surface area contributed by atoms with Crippen LogP contribution in [-0.2, 0) is 14.3 Å². The van der Waals surface area contributed by atoms with E-state index in [0.717, 1.165) is 6.07 Å². The second-order valence-electron chi connectivity index (χ2n) is 7.99. The number of hydrogen-bond donors (Lipinski definition) is 2. The van der Waals surface area contributed by atoms with Gasteiger partial charge in [0.2, 0.25) is 0 Å². The minimum Gasteiger partial charge on any atom is -0.481 e. The van der Waals surface area contributed by atoms with E-state index in [1.165, 1.54) is 23.5 Å². The molecule has 12 heteroatoms. The quantitative estimate of drug-likeness (QED) is 0.525. The molecule has 1 saturated heterocycles. The van der Waals surface area contributed by atoms with Crippen LogP contribution in [0.5, 0.6) is 0 Å². The van der Waals surface area contributed by atoms with Crippen LogP contribution in [0.4, 0.5) is 8.78 Å². The van der Waals surface area contributed by atoms with Crippen LogP contribution < -0.4 is 5.32 Å². The molecule has 3 heterocycles. The fourth-order valence-electron chi connectivity index (χ4n) is 4.04. The Kier molecular flexibility index (Phi) is 6.96. The first kappa shape index (κ1) is 24.2. The minimum atomic E-state index is -1.84. The third kappa shape index (κ3) is 5.11. The zero-order chi connectivity index (χ0) is 24.5. The number of nitrogens with one attached hydrogen (secondary N) is 1. The number of carbonyl (C=O) groups excluding carboxylic acids is 1. The number of nitrogens with zero attached hydrogens (tertiary/aromatic N) is 3. The first-order valence-electron chi connectivity index (χ1n) is 10.4. The van der Waals surface area contributed by atoms with Gasteiger partial charge in [0.05, 0.1) is 18.6 Å². The molecular formula is C22H21ClF2N4O4S. The highest BCUT2D eigenvalue weighted by Gasteiger charge is 2.46. The van der Waals surface area contributed by atoms with Crippen molar-refractivity contribution in [2.45, 2.75) is 25.1 Å². The number of alkyl halides is 1. The lowest BCUT2D eigenvalue weighted by Gasteiger charge is -2.44. The Morgan fingerprint density at radius 1 is 1.41 bits per heavy atom. The predicted molar refractivity (Wildman–Crippen MR) is 122 cm³/mol. The number of halogens is 3. The molecule has 2 aliphatic heterocycles. The molecule has 0 saturated carbocycles. The number of aliphatic imine (C=N–C) groups is 1. The number of carbonyl (C=O) groups is 2. The maximum atomic E-state index is 14.6. The Balaban J connectivity index is 1.74. The van der Waals surface area contributed by atoms with E-state index < -0.39 is 35.9 Å². The summed E-state index contributed by atoms with van der Waals surface area (Å²) in [6.07, 6.45) is 1.01. The number of carboxylic acids is 1. The predicted octanol–water partition coefficient (Wildman–Crippen LogP) is 3.34. The molecule has 2 aliphatic rings. The van der Waals surface area contributed by atoms with Gasteiger partial charge in [0.15, 0.2) is 10.8 Å². The monoisotopic (exact) mass is 510 g/mol. The van der Waals surface area contributed by atoms with Crippen molar-refractivity contribution in [3.05, 3.63) is 62.5 Å². The molecule has 1 fully saturated rings. The van der Waals surface area contributed by atoms with Gasteiger partial charge in [0.1, 0.15) is 17.5 Å². The number of esters is 1. The van der Waals surface area contributed by atoms with Crippen LogP contribution in [0.15, 0.2) is 46.0 Å².